The molecule has 84 valence electrons. The number of carbonyl (C=O) groups excluding carboxylic acids is 2. The number of nitrogens with zero attached hydrogens (tertiary/aromatic N) is 2. The molecule has 0 bridgehead atoms. The van der Waals surface area contributed by atoms with Crippen LogP contribution in [-0.2, 0) is 19.1 Å². The Bertz CT molecular complexity index is 288. The summed E-state index contributed by atoms with van der Waals surface area (Å²) in [6.45, 7) is 2.20. The largest absolute Gasteiger partial charge is 0.465 e. The van der Waals surface area contributed by atoms with Crippen LogP contribution in [0.5, 0.6) is 0 Å². The number of rotatable bonds is 5. The zero-order valence-corrected chi connectivity index (χ0v) is 8.86. The number of esters is 1. The highest BCUT2D eigenvalue weighted by atomic mass is 16.5. The van der Waals surface area contributed by atoms with Crippen LogP contribution >= 0.6 is 0 Å². The van der Waals surface area contributed by atoms with Crippen molar-refractivity contribution in [3.8, 4) is 0 Å². The molecule has 1 aliphatic rings. The summed E-state index contributed by atoms with van der Waals surface area (Å²) in [5.74, 6) is -0.650. The number of amides is 1. The lowest BCUT2D eigenvalue weighted by molar-refractivity contribution is -0.148. The minimum absolute atomic E-state index is 0.125. The van der Waals surface area contributed by atoms with E-state index < -0.39 is 5.97 Å². The number of hydrogen-bond acceptors (Lipinski definition) is 5. The second kappa shape index (κ2) is 5.45. The molecular weight excluding hydrogens is 200 g/mol. The number of hydrazone groups is 1. The fraction of sp³-hybridized carbons (Fsp3) is 0.667. The number of ether oxygens (including phenoxy) is 2. The Morgan fingerprint density at radius 3 is 2.93 bits per heavy atom. The lowest BCUT2D eigenvalue weighted by Crippen LogP contribution is -2.28. The van der Waals surface area contributed by atoms with E-state index in [1.54, 1.807) is 6.92 Å². The van der Waals surface area contributed by atoms with Crippen molar-refractivity contribution in [3.63, 3.8) is 0 Å². The van der Waals surface area contributed by atoms with E-state index in [1.807, 2.05) is 0 Å². The minimum atomic E-state index is -0.451. The molecule has 0 aromatic carbocycles. The van der Waals surface area contributed by atoms with E-state index in [9.17, 15) is 9.59 Å². The van der Waals surface area contributed by atoms with Crippen molar-refractivity contribution in [2.45, 2.75) is 13.3 Å². The van der Waals surface area contributed by atoms with Gasteiger partial charge in [0.15, 0.2) is 0 Å². The van der Waals surface area contributed by atoms with Gasteiger partial charge in [-0.1, -0.05) is 0 Å². The van der Waals surface area contributed by atoms with Gasteiger partial charge in [0.25, 0.3) is 0 Å². The summed E-state index contributed by atoms with van der Waals surface area (Å²) in [7, 11) is 1.53. The van der Waals surface area contributed by atoms with Crippen LogP contribution in [0.1, 0.15) is 13.3 Å². The van der Waals surface area contributed by atoms with Crippen LogP contribution in [0.15, 0.2) is 5.10 Å². The van der Waals surface area contributed by atoms with Gasteiger partial charge in [-0.05, 0) is 6.92 Å². The fourth-order valence-corrected chi connectivity index (χ4v) is 1.23. The molecular formula is C9H14N2O4. The zero-order chi connectivity index (χ0) is 11.3. The van der Waals surface area contributed by atoms with Gasteiger partial charge in [-0.3, -0.25) is 9.59 Å². The van der Waals surface area contributed by atoms with Crippen molar-refractivity contribution in [3.05, 3.63) is 0 Å². The summed E-state index contributed by atoms with van der Waals surface area (Å²) in [4.78, 5) is 22.4. The predicted molar refractivity (Wildman–Crippen MR) is 52.3 cm³/mol. The first-order valence-corrected chi connectivity index (χ1v) is 4.68. The van der Waals surface area contributed by atoms with E-state index in [0.29, 0.717) is 18.9 Å². The van der Waals surface area contributed by atoms with Gasteiger partial charge in [0.2, 0.25) is 5.91 Å². The maximum Gasteiger partial charge on any atom is 0.327 e. The maximum absolute atomic E-state index is 11.3. The minimum Gasteiger partial charge on any atom is -0.465 e. The predicted octanol–water partition coefficient (Wildman–Crippen LogP) is -0.216. The SMILES string of the molecule is CCOC(=O)CN1N=C(COC)CC1=O. The fourth-order valence-electron chi connectivity index (χ4n) is 1.23. The Hall–Kier alpha value is -1.43. The molecule has 1 rings (SSSR count). The van der Waals surface area contributed by atoms with Gasteiger partial charge >= 0.3 is 5.97 Å². The second-order valence-electron chi connectivity index (χ2n) is 3.03. The van der Waals surface area contributed by atoms with Crippen molar-refractivity contribution in [2.75, 3.05) is 26.9 Å². The van der Waals surface area contributed by atoms with Crippen LogP contribution in [-0.4, -0.2) is 49.5 Å². The van der Waals surface area contributed by atoms with Crippen LogP contribution in [0.2, 0.25) is 0 Å². The Morgan fingerprint density at radius 1 is 1.60 bits per heavy atom. The van der Waals surface area contributed by atoms with Crippen molar-refractivity contribution in [2.24, 2.45) is 5.10 Å². The normalized spacial score (nSPS) is 15.5. The molecule has 0 radical (unpaired) electrons. The Kier molecular flexibility index (Phi) is 4.23. The summed E-state index contributed by atoms with van der Waals surface area (Å²) < 4.78 is 9.56. The molecule has 0 unspecified atom stereocenters. The van der Waals surface area contributed by atoms with Crippen LogP contribution in [0.3, 0.4) is 0 Å². The first-order valence-electron chi connectivity index (χ1n) is 4.68. The third-order valence-corrected chi connectivity index (χ3v) is 1.80. The highest BCUT2D eigenvalue weighted by Crippen LogP contribution is 2.08. The van der Waals surface area contributed by atoms with E-state index in [4.69, 9.17) is 9.47 Å². The first kappa shape index (κ1) is 11.6. The van der Waals surface area contributed by atoms with Gasteiger partial charge in [-0.2, -0.15) is 5.10 Å². The Morgan fingerprint density at radius 2 is 2.33 bits per heavy atom. The van der Waals surface area contributed by atoms with Crippen molar-refractivity contribution >= 4 is 17.6 Å². The van der Waals surface area contributed by atoms with Gasteiger partial charge in [0, 0.05) is 7.11 Å². The smallest absolute Gasteiger partial charge is 0.327 e. The molecule has 0 spiro atoms. The molecule has 0 aromatic rings. The van der Waals surface area contributed by atoms with Gasteiger partial charge in [0.05, 0.1) is 25.3 Å². The second-order valence-corrected chi connectivity index (χ2v) is 3.03. The Balaban J connectivity index is 2.48. The monoisotopic (exact) mass is 214 g/mol. The molecule has 15 heavy (non-hydrogen) atoms. The van der Waals surface area contributed by atoms with Gasteiger partial charge in [-0.15, -0.1) is 0 Å². The summed E-state index contributed by atoms with van der Waals surface area (Å²) >= 11 is 0. The molecule has 1 amide bonds. The van der Waals surface area contributed by atoms with E-state index >= 15 is 0 Å². The summed E-state index contributed by atoms with van der Waals surface area (Å²) in [6, 6.07) is 0. The lowest BCUT2D eigenvalue weighted by atomic mass is 10.3. The molecule has 0 aliphatic carbocycles. The third-order valence-electron chi connectivity index (χ3n) is 1.80. The summed E-state index contributed by atoms with van der Waals surface area (Å²) in [5.41, 5.74) is 0.631. The molecule has 0 aromatic heterocycles. The van der Waals surface area contributed by atoms with Gasteiger partial charge < -0.3 is 9.47 Å². The van der Waals surface area contributed by atoms with Crippen LogP contribution in [0.4, 0.5) is 0 Å². The summed E-state index contributed by atoms with van der Waals surface area (Å²) in [6.07, 6.45) is 0.216. The Labute approximate surface area is 87.8 Å². The lowest BCUT2D eigenvalue weighted by Gasteiger charge is -2.09. The molecule has 1 aliphatic heterocycles. The van der Waals surface area contributed by atoms with Crippen molar-refractivity contribution in [1.82, 2.24) is 5.01 Å². The standard InChI is InChI=1S/C9H14N2O4/c1-3-15-9(13)5-11-8(12)4-7(10-11)6-14-2/h3-6H2,1-2H3. The zero-order valence-electron chi connectivity index (χ0n) is 8.86. The van der Waals surface area contributed by atoms with Gasteiger partial charge in [0.1, 0.15) is 6.54 Å². The van der Waals surface area contributed by atoms with Crippen LogP contribution < -0.4 is 0 Å². The number of methoxy groups -OCH3 is 1. The average molecular weight is 214 g/mol. The molecule has 6 nitrogen and oxygen atoms in total. The summed E-state index contributed by atoms with van der Waals surface area (Å²) in [5, 5.41) is 5.07. The van der Waals surface area contributed by atoms with Crippen LogP contribution in [0.25, 0.3) is 0 Å². The average Bonchev–Trinajstić information content (AvgIpc) is 2.48. The highest BCUT2D eigenvalue weighted by molar-refractivity contribution is 6.06. The van der Waals surface area contributed by atoms with E-state index in [-0.39, 0.29) is 18.9 Å². The molecule has 1 heterocycles. The number of carbonyl (C=O) groups is 2. The van der Waals surface area contributed by atoms with E-state index in [1.165, 1.54) is 7.11 Å². The molecule has 6 heteroatoms. The quantitative estimate of drug-likeness (QED) is 0.593. The molecule has 0 atom stereocenters. The van der Waals surface area contributed by atoms with E-state index in [0.717, 1.165) is 5.01 Å². The highest BCUT2D eigenvalue weighted by Gasteiger charge is 2.25. The van der Waals surface area contributed by atoms with E-state index in [2.05, 4.69) is 5.10 Å². The topological polar surface area (TPSA) is 68.2 Å². The number of hydrogen-bond donors (Lipinski definition) is 0. The van der Waals surface area contributed by atoms with Gasteiger partial charge in [-0.25, -0.2) is 5.01 Å². The van der Waals surface area contributed by atoms with Crippen molar-refractivity contribution in [1.29, 1.82) is 0 Å². The van der Waals surface area contributed by atoms with Crippen LogP contribution in [0, 0.1) is 0 Å². The molecule has 0 saturated carbocycles. The maximum atomic E-state index is 11.3. The molecule has 0 N–H and O–H groups in total. The third kappa shape index (κ3) is 3.32. The molecule has 0 saturated heterocycles. The molecule has 0 fully saturated rings. The van der Waals surface area contributed by atoms with Crippen molar-refractivity contribution < 1.29 is 19.1 Å². The first-order chi connectivity index (χ1) is 7.17.